The van der Waals surface area contributed by atoms with Gasteiger partial charge in [0.05, 0.1) is 28.2 Å². The van der Waals surface area contributed by atoms with Crippen LogP contribution in [-0.4, -0.2) is 28.6 Å². The zero-order valence-corrected chi connectivity index (χ0v) is 19.6. The van der Waals surface area contributed by atoms with E-state index >= 15 is 0 Å². The van der Waals surface area contributed by atoms with Crippen molar-refractivity contribution >= 4 is 28.5 Å². The molecule has 5 nitrogen and oxygen atoms in total. The molecule has 0 saturated carbocycles. The molecule has 0 bridgehead atoms. The maximum atomic E-state index is 13.8. The van der Waals surface area contributed by atoms with Crippen LogP contribution in [0.3, 0.4) is 0 Å². The molecule has 0 unspecified atom stereocenters. The van der Waals surface area contributed by atoms with Gasteiger partial charge in [-0.1, -0.05) is 48.0 Å². The Labute approximate surface area is 203 Å². The highest BCUT2D eigenvalue weighted by atomic mass is 35.5. The highest BCUT2D eigenvalue weighted by Gasteiger charge is 2.12. The number of carbonyl (C=O) groups is 1. The molecule has 0 aliphatic carbocycles. The van der Waals surface area contributed by atoms with E-state index in [9.17, 15) is 9.18 Å². The quantitative estimate of drug-likeness (QED) is 0.266. The van der Waals surface area contributed by atoms with Gasteiger partial charge >= 0.3 is 0 Å². The van der Waals surface area contributed by atoms with Gasteiger partial charge < -0.3 is 14.6 Å². The summed E-state index contributed by atoms with van der Waals surface area (Å²) in [7, 11) is 0. The van der Waals surface area contributed by atoms with Crippen molar-refractivity contribution in [3.63, 3.8) is 0 Å². The second kappa shape index (κ2) is 11.7. The number of aryl methyl sites for hydroxylation is 2. The third-order valence-electron chi connectivity index (χ3n) is 5.59. The van der Waals surface area contributed by atoms with Gasteiger partial charge in [0.25, 0.3) is 5.91 Å². The number of rotatable bonds is 11. The van der Waals surface area contributed by atoms with Crippen LogP contribution < -0.4 is 10.1 Å². The molecule has 0 aliphatic rings. The lowest BCUT2D eigenvalue weighted by atomic mass is 10.2. The maximum absolute atomic E-state index is 13.8. The molecule has 34 heavy (non-hydrogen) atoms. The van der Waals surface area contributed by atoms with Gasteiger partial charge in [-0.15, -0.1) is 0 Å². The Hall–Kier alpha value is -3.38. The SMILES string of the molecule is O=C(NCCCc1nc2ccccc2n1CCCCOc1ccccc1Cl)c1ccccc1F. The molecule has 4 aromatic rings. The average Bonchev–Trinajstić information content (AvgIpc) is 3.20. The highest BCUT2D eigenvalue weighted by molar-refractivity contribution is 6.32. The average molecular weight is 480 g/mol. The van der Waals surface area contributed by atoms with Crippen LogP contribution in [0.4, 0.5) is 4.39 Å². The van der Waals surface area contributed by atoms with Gasteiger partial charge in [0.2, 0.25) is 0 Å². The van der Waals surface area contributed by atoms with E-state index in [4.69, 9.17) is 21.3 Å². The summed E-state index contributed by atoms with van der Waals surface area (Å²) in [6.07, 6.45) is 3.24. The summed E-state index contributed by atoms with van der Waals surface area (Å²) >= 11 is 6.14. The lowest BCUT2D eigenvalue weighted by Crippen LogP contribution is -2.25. The first-order valence-corrected chi connectivity index (χ1v) is 11.9. The number of aromatic nitrogens is 2. The standard InChI is InChI=1S/C27H27ClFN3O2/c28-21-11-2-6-15-25(21)34-19-8-7-18-32-24-14-5-4-13-23(24)31-26(32)16-9-17-30-27(33)20-10-1-3-12-22(20)29/h1-6,10-15H,7-9,16-19H2,(H,30,33). The van der Waals surface area contributed by atoms with Crippen LogP contribution in [0.5, 0.6) is 5.75 Å². The minimum atomic E-state index is -0.514. The Morgan fingerprint density at radius 3 is 2.59 bits per heavy atom. The normalized spacial score (nSPS) is 11.0. The van der Waals surface area contributed by atoms with Crippen LogP contribution in [0.1, 0.15) is 35.4 Å². The van der Waals surface area contributed by atoms with Gasteiger partial charge in [-0.2, -0.15) is 0 Å². The molecule has 1 aromatic heterocycles. The van der Waals surface area contributed by atoms with E-state index < -0.39 is 11.7 Å². The fraction of sp³-hybridized carbons (Fsp3) is 0.259. The maximum Gasteiger partial charge on any atom is 0.254 e. The minimum absolute atomic E-state index is 0.0637. The Bertz CT molecular complexity index is 1260. The molecule has 7 heteroatoms. The molecule has 1 heterocycles. The predicted molar refractivity (Wildman–Crippen MR) is 133 cm³/mol. The van der Waals surface area contributed by atoms with Gasteiger partial charge in [0, 0.05) is 19.5 Å². The van der Waals surface area contributed by atoms with Crippen molar-refractivity contribution in [1.29, 1.82) is 0 Å². The number of hydrogen-bond donors (Lipinski definition) is 1. The second-order valence-electron chi connectivity index (χ2n) is 7.99. The van der Waals surface area contributed by atoms with E-state index in [0.29, 0.717) is 36.8 Å². The predicted octanol–water partition coefficient (Wildman–Crippen LogP) is 6.05. The van der Waals surface area contributed by atoms with Crippen molar-refractivity contribution in [1.82, 2.24) is 14.9 Å². The van der Waals surface area contributed by atoms with Crippen molar-refractivity contribution in [3.8, 4) is 5.75 Å². The first kappa shape index (κ1) is 23.8. The van der Waals surface area contributed by atoms with Crippen LogP contribution in [0, 0.1) is 5.82 Å². The van der Waals surface area contributed by atoms with E-state index in [1.165, 1.54) is 12.1 Å². The Morgan fingerprint density at radius 2 is 1.74 bits per heavy atom. The van der Waals surface area contributed by atoms with Crippen LogP contribution in [0.2, 0.25) is 5.02 Å². The number of benzene rings is 3. The van der Waals surface area contributed by atoms with E-state index in [1.54, 1.807) is 12.1 Å². The third-order valence-corrected chi connectivity index (χ3v) is 5.90. The lowest BCUT2D eigenvalue weighted by Gasteiger charge is -2.11. The Kier molecular flexibility index (Phi) is 8.15. The molecule has 3 aromatic carbocycles. The zero-order valence-electron chi connectivity index (χ0n) is 18.8. The molecule has 0 fully saturated rings. The largest absolute Gasteiger partial charge is 0.492 e. The molecule has 0 aliphatic heterocycles. The molecule has 4 rings (SSSR count). The number of unbranched alkanes of at least 4 members (excludes halogenated alkanes) is 1. The summed E-state index contributed by atoms with van der Waals surface area (Å²) in [5.74, 6) is 0.772. The molecular formula is C27H27ClFN3O2. The number of nitrogens with zero attached hydrogens (tertiary/aromatic N) is 2. The summed E-state index contributed by atoms with van der Waals surface area (Å²) < 4.78 is 21.8. The molecule has 0 saturated heterocycles. The van der Waals surface area contributed by atoms with Crippen LogP contribution >= 0.6 is 11.6 Å². The zero-order chi connectivity index (χ0) is 23.8. The van der Waals surface area contributed by atoms with Crippen LogP contribution in [0.25, 0.3) is 11.0 Å². The number of amides is 1. The monoisotopic (exact) mass is 479 g/mol. The number of halogens is 2. The van der Waals surface area contributed by atoms with Crippen molar-refractivity contribution in [2.75, 3.05) is 13.2 Å². The molecule has 176 valence electrons. The Balaban J connectivity index is 1.30. The Morgan fingerprint density at radius 1 is 0.971 bits per heavy atom. The van der Waals surface area contributed by atoms with Crippen molar-refractivity contribution < 1.29 is 13.9 Å². The van der Waals surface area contributed by atoms with Gasteiger partial charge in [0.15, 0.2) is 0 Å². The van der Waals surface area contributed by atoms with Crippen molar-refractivity contribution in [3.05, 3.63) is 95.0 Å². The van der Waals surface area contributed by atoms with Crippen LogP contribution in [0.15, 0.2) is 72.8 Å². The topological polar surface area (TPSA) is 56.2 Å². The summed E-state index contributed by atoms with van der Waals surface area (Å²) in [5, 5.41) is 3.42. The van der Waals surface area contributed by atoms with Gasteiger partial charge in [-0.3, -0.25) is 4.79 Å². The van der Waals surface area contributed by atoms with E-state index in [1.807, 2.05) is 42.5 Å². The lowest BCUT2D eigenvalue weighted by molar-refractivity contribution is 0.0949. The van der Waals surface area contributed by atoms with Crippen molar-refractivity contribution in [2.45, 2.75) is 32.2 Å². The molecule has 0 spiro atoms. The molecule has 1 amide bonds. The fourth-order valence-electron chi connectivity index (χ4n) is 3.87. The first-order chi connectivity index (χ1) is 16.6. The van der Waals surface area contributed by atoms with Gasteiger partial charge in [0.1, 0.15) is 17.4 Å². The number of ether oxygens (including phenoxy) is 1. The number of fused-ring (bicyclic) bond motifs is 1. The van der Waals surface area contributed by atoms with Gasteiger partial charge in [-0.05, 0) is 55.7 Å². The molecule has 1 N–H and O–H groups in total. The highest BCUT2D eigenvalue weighted by Crippen LogP contribution is 2.23. The second-order valence-corrected chi connectivity index (χ2v) is 8.40. The summed E-state index contributed by atoms with van der Waals surface area (Å²) in [5.41, 5.74) is 2.12. The number of hydrogen-bond acceptors (Lipinski definition) is 3. The number of carbonyl (C=O) groups excluding carboxylic acids is 1. The van der Waals surface area contributed by atoms with Crippen molar-refractivity contribution in [2.24, 2.45) is 0 Å². The summed E-state index contributed by atoms with van der Waals surface area (Å²) in [4.78, 5) is 17.0. The van der Waals surface area contributed by atoms with E-state index in [-0.39, 0.29) is 5.56 Å². The number of imidazole rings is 1. The molecular weight excluding hydrogens is 453 g/mol. The smallest absolute Gasteiger partial charge is 0.254 e. The van der Waals surface area contributed by atoms with E-state index in [2.05, 4.69) is 16.0 Å². The summed E-state index contributed by atoms with van der Waals surface area (Å²) in [6.45, 7) is 1.86. The third kappa shape index (κ3) is 5.94. The minimum Gasteiger partial charge on any atom is -0.492 e. The van der Waals surface area contributed by atoms with Gasteiger partial charge in [-0.25, -0.2) is 9.37 Å². The fourth-order valence-corrected chi connectivity index (χ4v) is 4.06. The van der Waals surface area contributed by atoms with E-state index in [0.717, 1.165) is 36.2 Å². The first-order valence-electron chi connectivity index (χ1n) is 11.5. The number of nitrogens with one attached hydrogen (secondary N) is 1. The molecule has 0 atom stereocenters. The molecule has 0 radical (unpaired) electrons. The summed E-state index contributed by atoms with van der Waals surface area (Å²) in [6, 6.07) is 21.6. The number of para-hydroxylation sites is 3. The van der Waals surface area contributed by atoms with Crippen LogP contribution in [-0.2, 0) is 13.0 Å².